The number of imidazole rings is 1. The van der Waals surface area contributed by atoms with E-state index in [0.717, 1.165) is 22.6 Å². The number of hydrazone groups is 1. The highest BCUT2D eigenvalue weighted by molar-refractivity contribution is 6.40. The van der Waals surface area contributed by atoms with E-state index in [1.165, 1.54) is 6.92 Å². The lowest BCUT2D eigenvalue weighted by Crippen LogP contribution is -2.34. The average Bonchev–Trinajstić information content (AvgIpc) is 3.31. The zero-order valence-electron chi connectivity index (χ0n) is 15.8. The molecule has 2 aromatic heterocycles. The van der Waals surface area contributed by atoms with Gasteiger partial charge in [-0.3, -0.25) is 14.6 Å². The number of fused-ring (bicyclic) bond motifs is 1. The Morgan fingerprint density at radius 1 is 1.21 bits per heavy atom. The van der Waals surface area contributed by atoms with Crippen molar-refractivity contribution in [1.29, 1.82) is 0 Å². The molecule has 3 aromatic rings. The minimum absolute atomic E-state index is 0.0221. The van der Waals surface area contributed by atoms with Crippen LogP contribution in [0.5, 0.6) is 0 Å². The quantitative estimate of drug-likeness (QED) is 0.743. The molecule has 0 fully saturated rings. The molecular formula is C21H21N5O2. The number of Topliss-reactive ketones (excluding diaryl/α,β-unsaturated/α-hetero) is 1. The SMILES string of the molecule is CC(=O)C1CC(C(=O)NCc2cn3ccc(C)cc3n2)=NN1c1ccccc1. The standard InChI is InChI=1S/C21H21N5O2/c1-14-8-9-25-13-16(23-20(25)10-14)12-22-21(28)18-11-19(15(2)27)26(24-18)17-6-4-3-5-7-17/h3-10,13,19H,11-12H2,1-2H3,(H,22,28). The number of rotatable bonds is 5. The van der Waals surface area contributed by atoms with E-state index in [-0.39, 0.29) is 11.7 Å². The summed E-state index contributed by atoms with van der Waals surface area (Å²) in [6, 6.07) is 12.9. The van der Waals surface area contributed by atoms with Crippen molar-refractivity contribution in [3.05, 3.63) is 66.1 Å². The first-order valence-corrected chi connectivity index (χ1v) is 9.16. The number of carbonyl (C=O) groups excluding carboxylic acids is 2. The molecule has 0 aliphatic carbocycles. The van der Waals surface area contributed by atoms with Crippen molar-refractivity contribution >= 4 is 28.7 Å². The predicted octanol–water partition coefficient (Wildman–Crippen LogP) is 2.48. The number of para-hydroxylation sites is 1. The van der Waals surface area contributed by atoms with E-state index in [4.69, 9.17) is 0 Å². The van der Waals surface area contributed by atoms with Crippen LogP contribution in [-0.2, 0) is 16.1 Å². The Morgan fingerprint density at radius 2 is 2.00 bits per heavy atom. The fourth-order valence-corrected chi connectivity index (χ4v) is 3.28. The number of anilines is 1. The van der Waals surface area contributed by atoms with Gasteiger partial charge in [0.15, 0.2) is 5.78 Å². The number of aromatic nitrogens is 2. The number of nitrogens with zero attached hydrogens (tertiary/aromatic N) is 4. The molecule has 1 aliphatic rings. The Balaban J connectivity index is 1.48. The van der Waals surface area contributed by atoms with Crippen LogP contribution in [0.3, 0.4) is 0 Å². The summed E-state index contributed by atoms with van der Waals surface area (Å²) in [4.78, 5) is 29.2. The second-order valence-corrected chi connectivity index (χ2v) is 6.94. The predicted molar refractivity (Wildman–Crippen MR) is 107 cm³/mol. The van der Waals surface area contributed by atoms with Gasteiger partial charge in [0.05, 0.1) is 17.9 Å². The first kappa shape index (κ1) is 17.9. The molecule has 1 N–H and O–H groups in total. The Hall–Kier alpha value is -3.48. The highest BCUT2D eigenvalue weighted by atomic mass is 16.2. The van der Waals surface area contributed by atoms with Crippen LogP contribution in [0.15, 0.2) is 60.0 Å². The Kier molecular flexibility index (Phi) is 4.65. The summed E-state index contributed by atoms with van der Waals surface area (Å²) in [5.74, 6) is -0.302. The lowest BCUT2D eigenvalue weighted by molar-refractivity contribution is -0.118. The molecule has 1 amide bonds. The van der Waals surface area contributed by atoms with Crippen molar-refractivity contribution < 1.29 is 9.59 Å². The van der Waals surface area contributed by atoms with Crippen LogP contribution in [0.25, 0.3) is 5.65 Å². The normalized spacial score (nSPS) is 16.3. The molecule has 0 spiro atoms. The minimum Gasteiger partial charge on any atom is -0.345 e. The highest BCUT2D eigenvalue weighted by Gasteiger charge is 2.34. The van der Waals surface area contributed by atoms with Crippen molar-refractivity contribution in [1.82, 2.24) is 14.7 Å². The average molecular weight is 375 g/mol. The van der Waals surface area contributed by atoms with E-state index in [9.17, 15) is 9.59 Å². The molecule has 0 radical (unpaired) electrons. The monoisotopic (exact) mass is 375 g/mol. The molecule has 1 atom stereocenters. The van der Waals surface area contributed by atoms with Crippen LogP contribution in [0.4, 0.5) is 5.69 Å². The van der Waals surface area contributed by atoms with Crippen LogP contribution in [-0.4, -0.2) is 32.8 Å². The number of ketones is 1. The molecule has 142 valence electrons. The first-order chi connectivity index (χ1) is 13.5. The zero-order valence-corrected chi connectivity index (χ0v) is 15.8. The second-order valence-electron chi connectivity index (χ2n) is 6.94. The maximum Gasteiger partial charge on any atom is 0.267 e. The van der Waals surface area contributed by atoms with Crippen molar-refractivity contribution in [2.24, 2.45) is 5.10 Å². The van der Waals surface area contributed by atoms with E-state index in [1.54, 1.807) is 5.01 Å². The molecular weight excluding hydrogens is 354 g/mol. The molecule has 4 rings (SSSR count). The summed E-state index contributed by atoms with van der Waals surface area (Å²) in [6.07, 6.45) is 4.12. The fourth-order valence-electron chi connectivity index (χ4n) is 3.28. The molecule has 28 heavy (non-hydrogen) atoms. The molecule has 0 saturated carbocycles. The van der Waals surface area contributed by atoms with E-state index >= 15 is 0 Å². The van der Waals surface area contributed by atoms with E-state index in [0.29, 0.717) is 18.7 Å². The number of carbonyl (C=O) groups is 2. The lowest BCUT2D eigenvalue weighted by atomic mass is 10.1. The molecule has 1 aromatic carbocycles. The maximum absolute atomic E-state index is 12.6. The molecule has 0 saturated heterocycles. The van der Waals surface area contributed by atoms with E-state index in [2.05, 4.69) is 15.4 Å². The fraction of sp³-hybridized carbons (Fsp3) is 0.238. The molecule has 7 nitrogen and oxygen atoms in total. The maximum atomic E-state index is 12.6. The van der Waals surface area contributed by atoms with Crippen LogP contribution < -0.4 is 10.3 Å². The summed E-state index contributed by atoms with van der Waals surface area (Å²) in [5, 5.41) is 8.91. The third kappa shape index (κ3) is 3.51. The van der Waals surface area contributed by atoms with Gasteiger partial charge in [0.1, 0.15) is 17.4 Å². The zero-order chi connectivity index (χ0) is 19.7. The van der Waals surface area contributed by atoms with Crippen molar-refractivity contribution in [3.8, 4) is 0 Å². The number of hydrogen-bond donors (Lipinski definition) is 1. The van der Waals surface area contributed by atoms with Crippen LogP contribution in [0.1, 0.15) is 24.6 Å². The topological polar surface area (TPSA) is 79.1 Å². The van der Waals surface area contributed by atoms with Crippen molar-refractivity contribution in [2.45, 2.75) is 32.9 Å². The summed E-state index contributed by atoms with van der Waals surface area (Å²) in [7, 11) is 0. The van der Waals surface area contributed by atoms with Gasteiger partial charge in [0.2, 0.25) is 0 Å². The molecule has 3 heterocycles. The van der Waals surface area contributed by atoms with Gasteiger partial charge in [-0.15, -0.1) is 0 Å². The minimum atomic E-state index is -0.457. The number of amides is 1. The summed E-state index contributed by atoms with van der Waals surface area (Å²) < 4.78 is 1.92. The molecule has 1 unspecified atom stereocenters. The number of nitrogens with one attached hydrogen (secondary N) is 1. The van der Waals surface area contributed by atoms with Gasteiger partial charge in [-0.25, -0.2) is 4.98 Å². The van der Waals surface area contributed by atoms with Gasteiger partial charge >= 0.3 is 0 Å². The summed E-state index contributed by atoms with van der Waals surface area (Å²) in [6.45, 7) is 3.84. The lowest BCUT2D eigenvalue weighted by Gasteiger charge is -2.20. The summed E-state index contributed by atoms with van der Waals surface area (Å²) in [5.41, 5.74) is 3.88. The molecule has 7 heteroatoms. The number of aryl methyl sites for hydroxylation is 1. The number of pyridine rings is 1. The number of hydrogen-bond acceptors (Lipinski definition) is 5. The third-order valence-electron chi connectivity index (χ3n) is 4.76. The van der Waals surface area contributed by atoms with Gasteiger partial charge in [0.25, 0.3) is 5.91 Å². The Labute approximate surface area is 162 Å². The first-order valence-electron chi connectivity index (χ1n) is 9.16. The second kappa shape index (κ2) is 7.26. The van der Waals surface area contributed by atoms with Crippen LogP contribution in [0.2, 0.25) is 0 Å². The number of benzene rings is 1. The van der Waals surface area contributed by atoms with Gasteiger partial charge in [-0.2, -0.15) is 5.10 Å². The highest BCUT2D eigenvalue weighted by Crippen LogP contribution is 2.25. The van der Waals surface area contributed by atoms with Gasteiger partial charge in [-0.1, -0.05) is 18.2 Å². The van der Waals surface area contributed by atoms with Gasteiger partial charge in [-0.05, 0) is 43.7 Å². The third-order valence-corrected chi connectivity index (χ3v) is 4.76. The summed E-state index contributed by atoms with van der Waals surface area (Å²) >= 11 is 0. The Morgan fingerprint density at radius 3 is 2.75 bits per heavy atom. The molecule has 1 aliphatic heterocycles. The Bertz CT molecular complexity index is 1070. The van der Waals surface area contributed by atoms with Crippen molar-refractivity contribution in [3.63, 3.8) is 0 Å². The van der Waals surface area contributed by atoms with Crippen LogP contribution >= 0.6 is 0 Å². The van der Waals surface area contributed by atoms with Gasteiger partial charge in [0, 0.05) is 18.8 Å². The van der Waals surface area contributed by atoms with Crippen molar-refractivity contribution in [2.75, 3.05) is 5.01 Å². The molecule has 0 bridgehead atoms. The van der Waals surface area contributed by atoms with E-state index < -0.39 is 6.04 Å². The van der Waals surface area contributed by atoms with Crippen LogP contribution in [0, 0.1) is 6.92 Å². The largest absolute Gasteiger partial charge is 0.345 e. The smallest absolute Gasteiger partial charge is 0.267 e. The van der Waals surface area contributed by atoms with E-state index in [1.807, 2.05) is 66.2 Å². The van der Waals surface area contributed by atoms with Gasteiger partial charge < -0.3 is 9.72 Å².